The summed E-state index contributed by atoms with van der Waals surface area (Å²) in [6.45, 7) is 0. The Balaban J connectivity index is 1.04. The highest BCUT2D eigenvalue weighted by atomic mass is 19.2. The van der Waals surface area contributed by atoms with Crippen molar-refractivity contribution >= 4 is 43.6 Å². The Morgan fingerprint density at radius 3 is 1.51 bits per heavy atom. The van der Waals surface area contributed by atoms with Crippen LogP contribution in [0, 0.1) is 17.5 Å². The lowest BCUT2D eigenvalue weighted by Crippen LogP contribution is -2.00. The van der Waals surface area contributed by atoms with E-state index in [9.17, 15) is 13.2 Å². The maximum atomic E-state index is 14.8. The van der Waals surface area contributed by atoms with Crippen LogP contribution in [0.5, 0.6) is 0 Å². The summed E-state index contributed by atoms with van der Waals surface area (Å²) >= 11 is 0. The number of fused-ring (bicyclic) bond motifs is 7. The number of rotatable bonds is 6. The quantitative estimate of drug-likeness (QED) is 0.158. The molecule has 0 aliphatic carbocycles. The van der Waals surface area contributed by atoms with Crippen molar-refractivity contribution in [2.75, 3.05) is 0 Å². The summed E-state index contributed by atoms with van der Waals surface area (Å²) in [7, 11) is 0. The van der Waals surface area contributed by atoms with Crippen LogP contribution in [0.25, 0.3) is 100 Å². The summed E-state index contributed by atoms with van der Waals surface area (Å²) in [6.07, 6.45) is 0. The number of hydrogen-bond acceptors (Lipinski definition) is 3. The standard InChI is InChI=1S/C51H30F3N5/c52-41-29-37(30-42(53)47(41)54)59-43-20-9-7-18-38(43)39-26-27-45-46(48(39)59)40-19-8-10-21-44(40)58(45)36-24-22-31(23-25-36)34-16-11-17-35(28-34)51-56-49(32-12-3-1-4-13-32)55-50(57-51)33-14-5-2-6-15-33/h1-30H. The Labute approximate surface area is 335 Å². The van der Waals surface area contributed by atoms with Crippen molar-refractivity contribution in [3.63, 3.8) is 0 Å². The van der Waals surface area contributed by atoms with Crippen molar-refractivity contribution in [1.82, 2.24) is 24.1 Å². The largest absolute Gasteiger partial charge is 0.309 e. The molecular weight excluding hydrogens is 740 g/mol. The second kappa shape index (κ2) is 13.7. The predicted molar refractivity (Wildman–Crippen MR) is 230 cm³/mol. The molecule has 0 spiro atoms. The van der Waals surface area contributed by atoms with E-state index in [2.05, 4.69) is 65.2 Å². The van der Waals surface area contributed by atoms with Gasteiger partial charge in [0, 0.05) is 56.1 Å². The molecule has 0 amide bonds. The molecule has 0 saturated carbocycles. The molecular formula is C51H30F3N5. The summed E-state index contributed by atoms with van der Waals surface area (Å²) in [5.74, 6) is -2.19. The minimum atomic E-state index is -1.49. The van der Waals surface area contributed by atoms with E-state index in [0.717, 1.165) is 89.2 Å². The fourth-order valence-corrected chi connectivity index (χ4v) is 8.30. The average molecular weight is 770 g/mol. The molecule has 11 aromatic rings. The van der Waals surface area contributed by atoms with Gasteiger partial charge in [-0.05, 0) is 47.5 Å². The Morgan fingerprint density at radius 1 is 0.339 bits per heavy atom. The Bertz CT molecular complexity index is 3330. The van der Waals surface area contributed by atoms with Gasteiger partial charge >= 0.3 is 0 Å². The van der Waals surface area contributed by atoms with E-state index in [4.69, 9.17) is 15.0 Å². The molecule has 3 aromatic heterocycles. The smallest absolute Gasteiger partial charge is 0.194 e. The van der Waals surface area contributed by atoms with Crippen LogP contribution < -0.4 is 0 Å². The topological polar surface area (TPSA) is 48.5 Å². The molecule has 0 bridgehead atoms. The lowest BCUT2D eigenvalue weighted by molar-refractivity contribution is 0.446. The Hall–Kier alpha value is -7.84. The summed E-state index contributed by atoms with van der Waals surface area (Å²) in [5, 5.41) is 3.72. The first-order valence-electron chi connectivity index (χ1n) is 19.2. The first kappa shape index (κ1) is 34.4. The van der Waals surface area contributed by atoms with Crippen LogP contribution >= 0.6 is 0 Å². The molecule has 5 nitrogen and oxygen atoms in total. The highest BCUT2D eigenvalue weighted by Crippen LogP contribution is 2.42. The highest BCUT2D eigenvalue weighted by Gasteiger charge is 2.22. The number of halogens is 3. The molecule has 0 N–H and O–H groups in total. The van der Waals surface area contributed by atoms with Crippen LogP contribution in [0.15, 0.2) is 182 Å². The van der Waals surface area contributed by atoms with Crippen molar-refractivity contribution in [2.45, 2.75) is 0 Å². The van der Waals surface area contributed by atoms with E-state index in [0.29, 0.717) is 17.5 Å². The van der Waals surface area contributed by atoms with Gasteiger partial charge in [0.2, 0.25) is 0 Å². The summed E-state index contributed by atoms with van der Waals surface area (Å²) in [5.41, 5.74) is 9.26. The van der Waals surface area contributed by atoms with Crippen LogP contribution in [0.4, 0.5) is 13.2 Å². The molecule has 0 aliphatic rings. The van der Waals surface area contributed by atoms with E-state index < -0.39 is 17.5 Å². The van der Waals surface area contributed by atoms with Gasteiger partial charge < -0.3 is 9.13 Å². The fourth-order valence-electron chi connectivity index (χ4n) is 8.30. The van der Waals surface area contributed by atoms with Gasteiger partial charge in [0.05, 0.1) is 27.8 Å². The van der Waals surface area contributed by atoms with Crippen molar-refractivity contribution in [3.8, 4) is 56.7 Å². The first-order chi connectivity index (χ1) is 29.0. The Kier molecular flexibility index (Phi) is 7.97. The van der Waals surface area contributed by atoms with Crippen LogP contribution in [0.1, 0.15) is 0 Å². The zero-order valence-electron chi connectivity index (χ0n) is 31.2. The fraction of sp³-hybridized carbons (Fsp3) is 0. The molecule has 0 aliphatic heterocycles. The molecule has 3 heterocycles. The maximum Gasteiger partial charge on any atom is 0.194 e. The van der Waals surface area contributed by atoms with E-state index in [-0.39, 0.29) is 5.69 Å². The van der Waals surface area contributed by atoms with E-state index >= 15 is 0 Å². The van der Waals surface area contributed by atoms with Crippen LogP contribution in [-0.2, 0) is 0 Å². The van der Waals surface area contributed by atoms with Crippen LogP contribution in [0.2, 0.25) is 0 Å². The number of aromatic nitrogens is 5. The highest BCUT2D eigenvalue weighted by molar-refractivity contribution is 6.26. The molecule has 0 saturated heterocycles. The van der Waals surface area contributed by atoms with E-state index in [1.165, 1.54) is 0 Å². The number of para-hydroxylation sites is 2. The van der Waals surface area contributed by atoms with Gasteiger partial charge in [-0.1, -0.05) is 133 Å². The number of hydrogen-bond donors (Lipinski definition) is 0. The minimum absolute atomic E-state index is 0.202. The number of nitrogens with zero attached hydrogens (tertiary/aromatic N) is 5. The average Bonchev–Trinajstić information content (AvgIpc) is 3.82. The van der Waals surface area contributed by atoms with Crippen molar-refractivity contribution < 1.29 is 13.2 Å². The lowest BCUT2D eigenvalue weighted by Gasteiger charge is -2.12. The summed E-state index contributed by atoms with van der Waals surface area (Å²) in [4.78, 5) is 14.7. The molecule has 59 heavy (non-hydrogen) atoms. The molecule has 11 rings (SSSR count). The summed E-state index contributed by atoms with van der Waals surface area (Å²) < 4.78 is 47.9. The normalized spacial score (nSPS) is 11.6. The SMILES string of the molecule is Fc1cc(-n2c3ccccc3c3ccc4c(c5ccccc5n4-c4ccc(-c5cccc(-c6nc(-c7ccccc7)nc(-c7ccccc7)n6)c5)cc4)c32)cc(F)c1F. The molecule has 280 valence electrons. The minimum Gasteiger partial charge on any atom is -0.309 e. The van der Waals surface area contributed by atoms with Crippen LogP contribution in [0.3, 0.4) is 0 Å². The Morgan fingerprint density at radius 2 is 0.864 bits per heavy atom. The summed E-state index contributed by atoms with van der Waals surface area (Å²) in [6, 6.07) is 58.6. The molecule has 0 atom stereocenters. The first-order valence-corrected chi connectivity index (χ1v) is 19.2. The van der Waals surface area contributed by atoms with E-state index in [1.54, 1.807) is 0 Å². The van der Waals surface area contributed by atoms with Gasteiger partial charge in [-0.25, -0.2) is 28.1 Å². The van der Waals surface area contributed by atoms with Crippen LogP contribution in [-0.4, -0.2) is 24.1 Å². The monoisotopic (exact) mass is 769 g/mol. The molecule has 0 radical (unpaired) electrons. The third kappa shape index (κ3) is 5.68. The molecule has 0 unspecified atom stereocenters. The van der Waals surface area contributed by atoms with Crippen molar-refractivity contribution in [1.29, 1.82) is 0 Å². The van der Waals surface area contributed by atoms with Gasteiger partial charge in [0.1, 0.15) is 0 Å². The molecule has 8 aromatic carbocycles. The predicted octanol–water partition coefficient (Wildman–Crippen LogP) is 13.2. The third-order valence-electron chi connectivity index (χ3n) is 11.0. The zero-order chi connectivity index (χ0) is 39.6. The zero-order valence-corrected chi connectivity index (χ0v) is 31.2. The van der Waals surface area contributed by atoms with Gasteiger partial charge in [0.15, 0.2) is 34.9 Å². The maximum absolute atomic E-state index is 14.8. The molecule has 8 heteroatoms. The lowest BCUT2D eigenvalue weighted by atomic mass is 10.0. The number of benzene rings is 8. The second-order valence-electron chi connectivity index (χ2n) is 14.5. The van der Waals surface area contributed by atoms with Crippen molar-refractivity contribution in [3.05, 3.63) is 199 Å². The molecule has 0 fully saturated rings. The third-order valence-corrected chi connectivity index (χ3v) is 11.0. The van der Waals surface area contributed by atoms with Gasteiger partial charge in [0.25, 0.3) is 0 Å². The van der Waals surface area contributed by atoms with Gasteiger partial charge in [-0.3, -0.25) is 0 Å². The van der Waals surface area contributed by atoms with E-state index in [1.807, 2.05) is 114 Å². The van der Waals surface area contributed by atoms with Gasteiger partial charge in [-0.15, -0.1) is 0 Å². The van der Waals surface area contributed by atoms with Gasteiger partial charge in [-0.2, -0.15) is 0 Å². The second-order valence-corrected chi connectivity index (χ2v) is 14.5. The van der Waals surface area contributed by atoms with Crippen molar-refractivity contribution in [2.24, 2.45) is 0 Å².